The Kier molecular flexibility index (Phi) is 5.31. The minimum Gasteiger partial charge on any atom is -0.276 e. The average molecular weight is 312 g/mol. The van der Waals surface area contributed by atoms with Crippen molar-refractivity contribution >= 4 is 5.71 Å². The normalized spacial score (nSPS) is 11.5. The highest BCUT2D eigenvalue weighted by Crippen LogP contribution is 2.24. The number of aromatic nitrogens is 1. The van der Waals surface area contributed by atoms with Crippen LogP contribution >= 0.6 is 0 Å². The predicted molar refractivity (Wildman–Crippen MR) is 100 cm³/mol. The van der Waals surface area contributed by atoms with Crippen molar-refractivity contribution < 1.29 is 0 Å². The van der Waals surface area contributed by atoms with Gasteiger partial charge in [-0.15, -0.1) is 6.58 Å². The van der Waals surface area contributed by atoms with Gasteiger partial charge in [0.05, 0.1) is 11.8 Å². The second-order valence-electron chi connectivity index (χ2n) is 5.54. The molecule has 0 aliphatic carbocycles. The maximum atomic E-state index is 5.08. The maximum absolute atomic E-state index is 5.08. The summed E-state index contributed by atoms with van der Waals surface area (Å²) >= 11 is 0. The Hall–Kier alpha value is -3.00. The van der Waals surface area contributed by atoms with E-state index >= 15 is 0 Å². The Morgan fingerprint density at radius 1 is 0.917 bits per heavy atom. The van der Waals surface area contributed by atoms with Gasteiger partial charge in [0.2, 0.25) is 0 Å². The molecule has 2 heteroatoms. The Morgan fingerprint density at radius 2 is 1.54 bits per heavy atom. The number of nitrogens with zero attached hydrogens (tertiary/aromatic N) is 2. The highest BCUT2D eigenvalue weighted by Gasteiger charge is 2.13. The first kappa shape index (κ1) is 15.9. The molecule has 1 unspecified atom stereocenters. The van der Waals surface area contributed by atoms with E-state index in [4.69, 9.17) is 4.99 Å². The first-order valence-electron chi connectivity index (χ1n) is 8.08. The van der Waals surface area contributed by atoms with Crippen molar-refractivity contribution in [2.75, 3.05) is 0 Å². The molecule has 24 heavy (non-hydrogen) atoms. The van der Waals surface area contributed by atoms with E-state index in [2.05, 4.69) is 41.9 Å². The summed E-state index contributed by atoms with van der Waals surface area (Å²) in [5.74, 6) is 0. The highest BCUT2D eigenvalue weighted by atomic mass is 14.8. The van der Waals surface area contributed by atoms with Crippen LogP contribution in [-0.4, -0.2) is 10.7 Å². The topological polar surface area (TPSA) is 25.2 Å². The lowest BCUT2D eigenvalue weighted by atomic mass is 10.00. The molecule has 0 amide bonds. The number of hydrogen-bond donors (Lipinski definition) is 0. The van der Waals surface area contributed by atoms with Crippen molar-refractivity contribution in [1.29, 1.82) is 0 Å². The molecule has 1 heterocycles. The molecule has 2 aromatic carbocycles. The summed E-state index contributed by atoms with van der Waals surface area (Å²) in [4.78, 5) is 9.32. The molecule has 118 valence electrons. The third-order valence-corrected chi connectivity index (χ3v) is 3.84. The van der Waals surface area contributed by atoms with Crippen LogP contribution in [0.2, 0.25) is 0 Å². The van der Waals surface area contributed by atoms with Gasteiger partial charge in [-0.1, -0.05) is 72.8 Å². The van der Waals surface area contributed by atoms with Crippen LogP contribution in [0.15, 0.2) is 103 Å². The van der Waals surface area contributed by atoms with Crippen molar-refractivity contribution in [2.24, 2.45) is 4.99 Å². The summed E-state index contributed by atoms with van der Waals surface area (Å²) < 4.78 is 0. The molecule has 0 aliphatic heterocycles. The lowest BCUT2D eigenvalue weighted by molar-refractivity contribution is 0.740. The molecule has 3 aromatic rings. The summed E-state index contributed by atoms with van der Waals surface area (Å²) in [6.45, 7) is 3.89. The monoisotopic (exact) mass is 312 g/mol. The van der Waals surface area contributed by atoms with Gasteiger partial charge in [-0.05, 0) is 18.1 Å². The molecule has 1 atom stereocenters. The number of hydrogen-bond acceptors (Lipinski definition) is 2. The van der Waals surface area contributed by atoms with Crippen molar-refractivity contribution in [3.05, 3.63) is 115 Å². The van der Waals surface area contributed by atoms with Crippen LogP contribution in [0.25, 0.3) is 0 Å². The van der Waals surface area contributed by atoms with Gasteiger partial charge >= 0.3 is 0 Å². The van der Waals surface area contributed by atoms with E-state index in [1.54, 1.807) is 6.20 Å². The second-order valence-corrected chi connectivity index (χ2v) is 5.54. The van der Waals surface area contributed by atoms with Crippen LogP contribution in [0, 0.1) is 0 Å². The van der Waals surface area contributed by atoms with Gasteiger partial charge in [-0.25, -0.2) is 0 Å². The molecule has 1 aromatic heterocycles. The van der Waals surface area contributed by atoms with E-state index in [1.165, 1.54) is 0 Å². The van der Waals surface area contributed by atoms with Crippen molar-refractivity contribution in [1.82, 2.24) is 4.98 Å². The highest BCUT2D eigenvalue weighted by molar-refractivity contribution is 6.13. The van der Waals surface area contributed by atoms with Gasteiger partial charge in [0.25, 0.3) is 0 Å². The average Bonchev–Trinajstić information content (AvgIpc) is 2.67. The summed E-state index contributed by atoms with van der Waals surface area (Å²) in [6.07, 6.45) is 6.35. The summed E-state index contributed by atoms with van der Waals surface area (Å²) in [6, 6.07) is 24.6. The summed E-state index contributed by atoms with van der Waals surface area (Å²) in [7, 11) is 0. The van der Waals surface area contributed by atoms with Crippen LogP contribution < -0.4 is 0 Å². The van der Waals surface area contributed by atoms with Crippen molar-refractivity contribution in [2.45, 2.75) is 12.5 Å². The number of pyridine rings is 1. The van der Waals surface area contributed by atoms with Gasteiger partial charge in [0.15, 0.2) is 0 Å². The molecule has 0 bridgehead atoms. The first-order valence-corrected chi connectivity index (χ1v) is 8.08. The van der Waals surface area contributed by atoms with Gasteiger partial charge in [-0.3, -0.25) is 9.98 Å². The Labute approximate surface area is 143 Å². The lowest BCUT2D eigenvalue weighted by Gasteiger charge is -2.15. The zero-order valence-corrected chi connectivity index (χ0v) is 13.5. The summed E-state index contributed by atoms with van der Waals surface area (Å²) in [5.41, 5.74) is 4.32. The Morgan fingerprint density at radius 3 is 2.04 bits per heavy atom. The predicted octanol–water partition coefficient (Wildman–Crippen LogP) is 5.24. The van der Waals surface area contributed by atoms with Crippen LogP contribution in [-0.2, 0) is 0 Å². The Balaban J connectivity index is 2.09. The Bertz CT molecular complexity index is 752. The molecule has 0 radical (unpaired) electrons. The van der Waals surface area contributed by atoms with E-state index in [1.807, 2.05) is 54.7 Å². The van der Waals surface area contributed by atoms with E-state index < -0.39 is 0 Å². The standard InChI is InChI=1S/C22H20N2/c1-2-10-21(20-15-9-16-23-17-20)24-22(18-11-5-3-6-12-18)19-13-7-4-8-14-19/h2-9,11-17,21H,1,10H2. The molecule has 0 saturated heterocycles. The smallest absolute Gasteiger partial charge is 0.0805 e. The maximum Gasteiger partial charge on any atom is 0.0805 e. The fraction of sp³-hybridized carbons (Fsp3) is 0.0909. The molecule has 2 nitrogen and oxygen atoms in total. The molecule has 0 aliphatic rings. The zero-order valence-electron chi connectivity index (χ0n) is 13.5. The SMILES string of the molecule is C=CCC(N=C(c1ccccc1)c1ccccc1)c1cccnc1. The molecule has 3 rings (SSSR count). The molecular formula is C22H20N2. The van der Waals surface area contributed by atoms with Crippen LogP contribution in [0.4, 0.5) is 0 Å². The minimum absolute atomic E-state index is 0.00612. The number of aliphatic imine (C=N–C) groups is 1. The van der Waals surface area contributed by atoms with Gasteiger partial charge < -0.3 is 0 Å². The third kappa shape index (κ3) is 3.85. The lowest BCUT2D eigenvalue weighted by Crippen LogP contribution is -2.07. The van der Waals surface area contributed by atoms with E-state index in [-0.39, 0.29) is 6.04 Å². The largest absolute Gasteiger partial charge is 0.276 e. The van der Waals surface area contributed by atoms with Crippen LogP contribution in [0.5, 0.6) is 0 Å². The molecule has 0 spiro atoms. The van der Waals surface area contributed by atoms with E-state index in [9.17, 15) is 0 Å². The molecule has 0 saturated carbocycles. The quantitative estimate of drug-likeness (QED) is 0.451. The van der Waals surface area contributed by atoms with Crippen molar-refractivity contribution in [3.8, 4) is 0 Å². The van der Waals surface area contributed by atoms with Crippen LogP contribution in [0.3, 0.4) is 0 Å². The minimum atomic E-state index is 0.00612. The van der Waals surface area contributed by atoms with Crippen LogP contribution in [0.1, 0.15) is 29.2 Å². The fourth-order valence-electron chi connectivity index (χ4n) is 2.66. The fourth-order valence-corrected chi connectivity index (χ4v) is 2.66. The summed E-state index contributed by atoms with van der Waals surface area (Å²) in [5, 5.41) is 0. The van der Waals surface area contributed by atoms with Gasteiger partial charge in [0, 0.05) is 23.5 Å². The van der Waals surface area contributed by atoms with Gasteiger partial charge in [0.1, 0.15) is 0 Å². The second kappa shape index (κ2) is 8.02. The number of rotatable bonds is 6. The van der Waals surface area contributed by atoms with E-state index in [0.29, 0.717) is 0 Å². The molecular weight excluding hydrogens is 292 g/mol. The van der Waals surface area contributed by atoms with Crippen molar-refractivity contribution in [3.63, 3.8) is 0 Å². The number of benzene rings is 2. The molecule has 0 N–H and O–H groups in total. The third-order valence-electron chi connectivity index (χ3n) is 3.84. The molecule has 0 fully saturated rings. The van der Waals surface area contributed by atoms with E-state index in [0.717, 1.165) is 28.8 Å². The van der Waals surface area contributed by atoms with Gasteiger partial charge in [-0.2, -0.15) is 0 Å². The first-order chi connectivity index (χ1) is 11.9. The zero-order chi connectivity index (χ0) is 16.6.